The Balaban J connectivity index is 1.41. The maximum absolute atomic E-state index is 13.3. The van der Waals surface area contributed by atoms with E-state index in [1.807, 2.05) is 85.2 Å². The molecule has 4 aromatic carbocycles. The molecule has 0 spiro atoms. The molecule has 0 radical (unpaired) electrons. The lowest BCUT2D eigenvalue weighted by Crippen LogP contribution is -2.07. The molecular formula is C31H23F3N2O. The molecule has 1 atom stereocenters. The summed E-state index contributed by atoms with van der Waals surface area (Å²) < 4.78 is 45.8. The molecule has 0 aliphatic rings. The van der Waals surface area contributed by atoms with Gasteiger partial charge in [0.2, 0.25) is 0 Å². The predicted octanol–water partition coefficient (Wildman–Crippen LogP) is 8.43. The largest absolute Gasteiger partial charge is 0.489 e. The maximum Gasteiger partial charge on any atom is 0.416 e. The van der Waals surface area contributed by atoms with Gasteiger partial charge < -0.3 is 14.7 Å². The number of para-hydroxylation sites is 1. The van der Waals surface area contributed by atoms with Crippen LogP contribution in [0.5, 0.6) is 5.75 Å². The van der Waals surface area contributed by atoms with E-state index < -0.39 is 11.7 Å². The van der Waals surface area contributed by atoms with E-state index in [0.717, 1.165) is 61.9 Å². The van der Waals surface area contributed by atoms with Crippen LogP contribution in [-0.4, -0.2) is 9.97 Å². The van der Waals surface area contributed by atoms with Crippen molar-refractivity contribution in [2.24, 2.45) is 0 Å². The topological polar surface area (TPSA) is 40.8 Å². The van der Waals surface area contributed by atoms with Gasteiger partial charge in [0.15, 0.2) is 0 Å². The maximum atomic E-state index is 13.3. The van der Waals surface area contributed by atoms with Crippen LogP contribution >= 0.6 is 0 Å². The van der Waals surface area contributed by atoms with Crippen molar-refractivity contribution in [3.05, 3.63) is 137 Å². The highest BCUT2D eigenvalue weighted by Gasteiger charge is 2.31. The van der Waals surface area contributed by atoms with E-state index in [4.69, 9.17) is 4.74 Å². The van der Waals surface area contributed by atoms with Crippen molar-refractivity contribution < 1.29 is 17.9 Å². The molecule has 6 aromatic rings. The predicted molar refractivity (Wildman–Crippen MR) is 140 cm³/mol. The van der Waals surface area contributed by atoms with Crippen molar-refractivity contribution in [3.8, 4) is 5.75 Å². The molecule has 0 aliphatic heterocycles. The number of halogens is 3. The number of hydrogen-bond donors (Lipinski definition) is 2. The zero-order valence-electron chi connectivity index (χ0n) is 19.7. The van der Waals surface area contributed by atoms with Crippen molar-refractivity contribution in [2.75, 3.05) is 0 Å². The van der Waals surface area contributed by atoms with E-state index in [9.17, 15) is 13.2 Å². The van der Waals surface area contributed by atoms with Gasteiger partial charge in [0.05, 0.1) is 5.56 Å². The third-order valence-corrected chi connectivity index (χ3v) is 6.75. The Morgan fingerprint density at radius 3 is 2.05 bits per heavy atom. The average Bonchev–Trinajstić information content (AvgIpc) is 3.53. The summed E-state index contributed by atoms with van der Waals surface area (Å²) in [6, 6.07) is 29.3. The van der Waals surface area contributed by atoms with Crippen LogP contribution in [0, 0.1) is 0 Å². The highest BCUT2D eigenvalue weighted by molar-refractivity contribution is 5.89. The molecule has 2 heterocycles. The molecule has 1 unspecified atom stereocenters. The highest BCUT2D eigenvalue weighted by Crippen LogP contribution is 2.41. The van der Waals surface area contributed by atoms with E-state index in [0.29, 0.717) is 6.61 Å². The molecule has 37 heavy (non-hydrogen) atoms. The summed E-state index contributed by atoms with van der Waals surface area (Å²) in [5.74, 6) is 0.464. The standard InChI is InChI=1S/C31H23F3N2O/c32-31(33,34)22-12-10-21(11-13-22)30(26-17-35-28-9-5-4-8-24(26)28)27-18-36-29-16-23(14-15-25(27)29)37-19-20-6-2-1-3-7-20/h1-18,30,35-36H,19H2. The molecule has 0 bridgehead atoms. The molecule has 6 rings (SSSR count). The van der Waals surface area contributed by atoms with Gasteiger partial charge in [-0.05, 0) is 52.6 Å². The summed E-state index contributed by atoms with van der Waals surface area (Å²) in [6.07, 6.45) is -0.495. The lowest BCUT2D eigenvalue weighted by atomic mass is 9.84. The zero-order chi connectivity index (χ0) is 25.4. The lowest BCUT2D eigenvalue weighted by Gasteiger charge is -2.18. The van der Waals surface area contributed by atoms with Gasteiger partial charge in [0.25, 0.3) is 0 Å². The SMILES string of the molecule is FC(F)(F)c1ccc(C(c2c[nH]c3ccccc23)c2c[nH]c3cc(OCc4ccccc4)ccc23)cc1. The van der Waals surface area contributed by atoms with Crippen molar-refractivity contribution >= 4 is 21.8 Å². The minimum Gasteiger partial charge on any atom is -0.489 e. The first-order valence-electron chi connectivity index (χ1n) is 12.0. The number of benzene rings is 4. The Labute approximate surface area is 211 Å². The zero-order valence-corrected chi connectivity index (χ0v) is 19.7. The summed E-state index contributed by atoms with van der Waals surface area (Å²) in [6.45, 7) is 0.462. The number of fused-ring (bicyclic) bond motifs is 2. The van der Waals surface area contributed by atoms with Crippen LogP contribution in [0.2, 0.25) is 0 Å². The van der Waals surface area contributed by atoms with Crippen LogP contribution in [0.15, 0.2) is 109 Å². The Morgan fingerprint density at radius 2 is 1.32 bits per heavy atom. The summed E-state index contributed by atoms with van der Waals surface area (Å²) in [5, 5.41) is 2.02. The molecule has 0 amide bonds. The highest BCUT2D eigenvalue weighted by atomic mass is 19.4. The molecule has 2 N–H and O–H groups in total. The number of aromatic nitrogens is 2. The molecule has 0 aliphatic carbocycles. The van der Waals surface area contributed by atoms with Crippen LogP contribution in [0.4, 0.5) is 13.2 Å². The number of H-pyrrole nitrogens is 2. The lowest BCUT2D eigenvalue weighted by molar-refractivity contribution is -0.137. The van der Waals surface area contributed by atoms with Crippen LogP contribution in [0.1, 0.15) is 33.7 Å². The molecule has 0 saturated heterocycles. The Bertz CT molecular complexity index is 1660. The summed E-state index contributed by atoms with van der Waals surface area (Å²) >= 11 is 0. The molecule has 3 nitrogen and oxygen atoms in total. The van der Waals surface area contributed by atoms with E-state index >= 15 is 0 Å². The van der Waals surface area contributed by atoms with Gasteiger partial charge in [0.1, 0.15) is 12.4 Å². The first kappa shape index (κ1) is 23.0. The smallest absolute Gasteiger partial charge is 0.416 e. The Hall–Kier alpha value is -4.45. The van der Waals surface area contributed by atoms with Crippen molar-refractivity contribution in [2.45, 2.75) is 18.7 Å². The quantitative estimate of drug-likeness (QED) is 0.239. The van der Waals surface area contributed by atoms with E-state index in [-0.39, 0.29) is 5.92 Å². The number of rotatable bonds is 6. The van der Waals surface area contributed by atoms with Gasteiger partial charge in [-0.1, -0.05) is 60.7 Å². The minimum atomic E-state index is -4.38. The summed E-state index contributed by atoms with van der Waals surface area (Å²) in [5.41, 5.74) is 5.06. The minimum absolute atomic E-state index is 0.275. The Morgan fingerprint density at radius 1 is 0.676 bits per heavy atom. The second-order valence-corrected chi connectivity index (χ2v) is 9.07. The van der Waals surface area contributed by atoms with E-state index in [1.54, 1.807) is 12.1 Å². The first-order valence-corrected chi connectivity index (χ1v) is 12.0. The molecule has 184 valence electrons. The van der Waals surface area contributed by atoms with Gasteiger partial charge in [-0.2, -0.15) is 13.2 Å². The van der Waals surface area contributed by atoms with Gasteiger partial charge in [-0.15, -0.1) is 0 Å². The fraction of sp³-hybridized carbons (Fsp3) is 0.0968. The van der Waals surface area contributed by atoms with Crippen LogP contribution in [0.3, 0.4) is 0 Å². The fourth-order valence-corrected chi connectivity index (χ4v) is 4.92. The van der Waals surface area contributed by atoms with Crippen molar-refractivity contribution in [1.29, 1.82) is 0 Å². The van der Waals surface area contributed by atoms with Crippen LogP contribution in [0.25, 0.3) is 21.8 Å². The third kappa shape index (κ3) is 4.47. The van der Waals surface area contributed by atoms with Gasteiger partial charge in [-0.25, -0.2) is 0 Å². The number of hydrogen-bond acceptors (Lipinski definition) is 1. The second kappa shape index (κ2) is 9.21. The molecule has 0 fully saturated rings. The average molecular weight is 497 g/mol. The molecular weight excluding hydrogens is 473 g/mol. The third-order valence-electron chi connectivity index (χ3n) is 6.75. The summed E-state index contributed by atoms with van der Waals surface area (Å²) in [4.78, 5) is 6.67. The number of ether oxygens (including phenoxy) is 1. The fourth-order valence-electron chi connectivity index (χ4n) is 4.92. The van der Waals surface area contributed by atoms with Crippen LogP contribution < -0.4 is 4.74 Å². The van der Waals surface area contributed by atoms with Crippen LogP contribution in [-0.2, 0) is 12.8 Å². The summed E-state index contributed by atoms with van der Waals surface area (Å²) in [7, 11) is 0. The van der Waals surface area contributed by atoms with Gasteiger partial charge in [0, 0.05) is 46.2 Å². The monoisotopic (exact) mass is 496 g/mol. The molecule has 2 aromatic heterocycles. The van der Waals surface area contributed by atoms with E-state index in [1.165, 1.54) is 0 Å². The van der Waals surface area contributed by atoms with E-state index in [2.05, 4.69) is 9.97 Å². The number of alkyl halides is 3. The molecule has 0 saturated carbocycles. The number of aromatic amines is 2. The van der Waals surface area contributed by atoms with Crippen molar-refractivity contribution in [1.82, 2.24) is 9.97 Å². The van der Waals surface area contributed by atoms with Gasteiger partial charge in [-0.3, -0.25) is 0 Å². The Kier molecular flexibility index (Phi) is 5.72. The first-order chi connectivity index (χ1) is 18.0. The van der Waals surface area contributed by atoms with Crippen molar-refractivity contribution in [3.63, 3.8) is 0 Å². The van der Waals surface area contributed by atoms with Gasteiger partial charge >= 0.3 is 6.18 Å². The second-order valence-electron chi connectivity index (χ2n) is 9.07. The molecule has 6 heteroatoms. The number of nitrogens with one attached hydrogen (secondary N) is 2. The normalized spacial score (nSPS) is 12.7.